The van der Waals surface area contributed by atoms with Crippen LogP contribution in [0.5, 0.6) is 5.88 Å². The van der Waals surface area contributed by atoms with Gasteiger partial charge < -0.3 is 15.0 Å². The SMILES string of the molecule is O=c1[nH]c(O)c(/C=c2\cnn3c(=NC4CC4)cc(N4CC[C@@H](F)C4)nc23)[nH]1. The van der Waals surface area contributed by atoms with Crippen molar-refractivity contribution in [3.8, 4) is 5.88 Å². The average Bonchev–Trinajstić information content (AvgIpc) is 3.04. The Bertz CT molecular complexity index is 1190. The van der Waals surface area contributed by atoms with E-state index < -0.39 is 11.9 Å². The summed E-state index contributed by atoms with van der Waals surface area (Å²) in [5, 5.41) is 14.8. The smallest absolute Gasteiger partial charge is 0.326 e. The van der Waals surface area contributed by atoms with Crippen LogP contribution < -0.4 is 21.3 Å². The first kappa shape index (κ1) is 16.0. The van der Waals surface area contributed by atoms with Crippen molar-refractivity contribution < 1.29 is 9.50 Å². The molecule has 1 saturated carbocycles. The molecule has 1 saturated heterocycles. The predicted octanol–water partition coefficient (Wildman–Crippen LogP) is -0.390. The number of imidazole rings is 1. The fraction of sp³-hybridized carbons (Fsp3) is 0.412. The number of hydrogen-bond acceptors (Lipinski definition) is 6. The summed E-state index contributed by atoms with van der Waals surface area (Å²) in [7, 11) is 0. The van der Waals surface area contributed by atoms with Crippen LogP contribution in [0.15, 0.2) is 22.1 Å². The highest BCUT2D eigenvalue weighted by Gasteiger charge is 2.25. The molecule has 27 heavy (non-hydrogen) atoms. The van der Waals surface area contributed by atoms with Crippen LogP contribution in [0.25, 0.3) is 11.7 Å². The van der Waals surface area contributed by atoms with Gasteiger partial charge in [0.15, 0.2) is 11.1 Å². The van der Waals surface area contributed by atoms with E-state index in [4.69, 9.17) is 4.99 Å². The highest BCUT2D eigenvalue weighted by atomic mass is 19.1. The molecule has 1 atom stereocenters. The van der Waals surface area contributed by atoms with Crippen molar-refractivity contribution in [1.82, 2.24) is 24.6 Å². The second kappa shape index (κ2) is 5.93. The topological polar surface area (TPSA) is 115 Å². The zero-order valence-corrected chi connectivity index (χ0v) is 14.4. The van der Waals surface area contributed by atoms with Gasteiger partial charge in [-0.1, -0.05) is 0 Å². The predicted molar refractivity (Wildman–Crippen MR) is 95.2 cm³/mol. The minimum absolute atomic E-state index is 0.243. The maximum absolute atomic E-state index is 13.7. The number of H-pyrrole nitrogens is 2. The number of aromatic nitrogens is 5. The molecule has 140 valence electrons. The van der Waals surface area contributed by atoms with Gasteiger partial charge in [0.1, 0.15) is 17.7 Å². The Hall–Kier alpha value is -3.17. The van der Waals surface area contributed by atoms with E-state index in [1.54, 1.807) is 16.8 Å². The van der Waals surface area contributed by atoms with Gasteiger partial charge in [-0.25, -0.2) is 14.2 Å². The van der Waals surface area contributed by atoms with Crippen molar-refractivity contribution in [3.05, 3.63) is 39.1 Å². The van der Waals surface area contributed by atoms with Crippen LogP contribution in [0, 0.1) is 0 Å². The van der Waals surface area contributed by atoms with Crippen LogP contribution in [0.3, 0.4) is 0 Å². The fourth-order valence-corrected chi connectivity index (χ4v) is 3.27. The standard InChI is InChI=1S/C17H18FN7O2/c18-10-3-4-24(8-10)13-6-14(20-11-1-2-11)25-15(22-13)9(7-19-25)5-12-16(26)23-17(27)21-12/h5-7,10-11,26H,1-4,8H2,(H2,21,23,27)/b9-5+,20-14?/t10-/m1/s1. The number of aromatic hydroxyl groups is 1. The number of anilines is 1. The quantitative estimate of drug-likeness (QED) is 0.580. The monoisotopic (exact) mass is 371 g/mol. The largest absolute Gasteiger partial charge is 0.493 e. The van der Waals surface area contributed by atoms with Gasteiger partial charge in [0.2, 0.25) is 5.88 Å². The maximum atomic E-state index is 13.7. The first-order valence-corrected chi connectivity index (χ1v) is 8.91. The lowest BCUT2D eigenvalue weighted by molar-refractivity contribution is 0.364. The lowest BCUT2D eigenvalue weighted by Crippen LogP contribution is -2.26. The summed E-state index contributed by atoms with van der Waals surface area (Å²) in [5.41, 5.74) is 0.953. The molecule has 2 fully saturated rings. The van der Waals surface area contributed by atoms with Crippen molar-refractivity contribution in [2.75, 3.05) is 18.0 Å². The molecule has 0 bridgehead atoms. The van der Waals surface area contributed by atoms with Crippen LogP contribution in [-0.4, -0.2) is 55.0 Å². The molecular formula is C17H18FN7O2. The van der Waals surface area contributed by atoms with Crippen molar-refractivity contribution in [2.24, 2.45) is 4.99 Å². The fourth-order valence-electron chi connectivity index (χ4n) is 3.27. The zero-order valence-electron chi connectivity index (χ0n) is 14.4. The highest BCUT2D eigenvalue weighted by molar-refractivity contribution is 5.58. The molecule has 4 heterocycles. The summed E-state index contributed by atoms with van der Waals surface area (Å²) >= 11 is 0. The maximum Gasteiger partial charge on any atom is 0.326 e. The van der Waals surface area contributed by atoms with Gasteiger partial charge in [-0.3, -0.25) is 9.98 Å². The second-order valence-corrected chi connectivity index (χ2v) is 6.99. The number of fused-ring (bicyclic) bond motifs is 1. The van der Waals surface area contributed by atoms with E-state index >= 15 is 0 Å². The highest BCUT2D eigenvalue weighted by Crippen LogP contribution is 2.23. The summed E-state index contributed by atoms with van der Waals surface area (Å²) in [5.74, 6) is 0.405. The second-order valence-electron chi connectivity index (χ2n) is 6.99. The normalized spacial score (nSPS) is 21.7. The average molecular weight is 371 g/mol. The van der Waals surface area contributed by atoms with E-state index in [9.17, 15) is 14.3 Å². The Balaban J connectivity index is 1.71. The van der Waals surface area contributed by atoms with Gasteiger partial charge in [-0.2, -0.15) is 9.61 Å². The molecule has 1 aliphatic heterocycles. The third-order valence-corrected chi connectivity index (χ3v) is 4.82. The molecule has 0 amide bonds. The minimum atomic E-state index is -0.857. The molecule has 0 unspecified atom stereocenters. The molecule has 0 aromatic carbocycles. The lowest BCUT2D eigenvalue weighted by atomic mass is 10.3. The zero-order chi connectivity index (χ0) is 18.5. The van der Waals surface area contributed by atoms with E-state index in [1.165, 1.54) is 0 Å². The summed E-state index contributed by atoms with van der Waals surface area (Å²) in [4.78, 5) is 27.4. The molecule has 1 aliphatic carbocycles. The van der Waals surface area contributed by atoms with Gasteiger partial charge in [-0.15, -0.1) is 0 Å². The van der Waals surface area contributed by atoms with Gasteiger partial charge in [0, 0.05) is 17.8 Å². The number of aromatic amines is 2. The molecule has 10 heteroatoms. The van der Waals surface area contributed by atoms with Crippen LogP contribution in [0.2, 0.25) is 0 Å². The molecule has 3 aromatic heterocycles. The van der Waals surface area contributed by atoms with Crippen LogP contribution in [0.1, 0.15) is 25.0 Å². The summed E-state index contributed by atoms with van der Waals surface area (Å²) < 4.78 is 15.3. The molecule has 0 radical (unpaired) electrons. The van der Waals surface area contributed by atoms with Gasteiger partial charge in [-0.05, 0) is 25.3 Å². The lowest BCUT2D eigenvalue weighted by Gasteiger charge is -2.16. The molecule has 3 N–H and O–H groups in total. The summed E-state index contributed by atoms with van der Waals surface area (Å²) in [6.45, 7) is 0.914. The first-order chi connectivity index (χ1) is 13.1. The number of halogens is 1. The molecule has 5 rings (SSSR count). The number of hydrogen-bond donors (Lipinski definition) is 3. The van der Waals surface area contributed by atoms with E-state index in [-0.39, 0.29) is 17.6 Å². The minimum Gasteiger partial charge on any atom is -0.493 e. The van der Waals surface area contributed by atoms with Gasteiger partial charge in [0.25, 0.3) is 0 Å². The van der Waals surface area contributed by atoms with Crippen LogP contribution >= 0.6 is 0 Å². The van der Waals surface area contributed by atoms with Gasteiger partial charge in [0.05, 0.1) is 18.8 Å². The molecule has 9 nitrogen and oxygen atoms in total. The van der Waals surface area contributed by atoms with E-state index in [1.807, 2.05) is 11.0 Å². The Morgan fingerprint density at radius 2 is 2.19 bits per heavy atom. The summed E-state index contributed by atoms with van der Waals surface area (Å²) in [6, 6.07) is 2.13. The number of nitrogens with one attached hydrogen (secondary N) is 2. The van der Waals surface area contributed by atoms with E-state index in [2.05, 4.69) is 20.1 Å². The van der Waals surface area contributed by atoms with Crippen LogP contribution in [-0.2, 0) is 0 Å². The number of rotatable bonds is 3. The summed E-state index contributed by atoms with van der Waals surface area (Å²) in [6.07, 6.45) is 4.92. The molecule has 2 aliphatic rings. The number of alkyl halides is 1. The molecule has 0 spiro atoms. The van der Waals surface area contributed by atoms with E-state index in [0.717, 1.165) is 12.8 Å². The van der Waals surface area contributed by atoms with Crippen molar-refractivity contribution in [2.45, 2.75) is 31.5 Å². The Labute approximate surface area is 151 Å². The molecular weight excluding hydrogens is 353 g/mol. The Kier molecular flexibility index (Phi) is 3.52. The van der Waals surface area contributed by atoms with Crippen molar-refractivity contribution in [1.29, 1.82) is 0 Å². The molecule has 3 aromatic rings. The first-order valence-electron chi connectivity index (χ1n) is 8.91. The van der Waals surface area contributed by atoms with Crippen molar-refractivity contribution in [3.63, 3.8) is 0 Å². The van der Waals surface area contributed by atoms with Crippen LogP contribution in [0.4, 0.5) is 10.2 Å². The third kappa shape index (κ3) is 2.96. The van der Waals surface area contributed by atoms with E-state index in [0.29, 0.717) is 41.7 Å². The Morgan fingerprint density at radius 3 is 2.85 bits per heavy atom. The number of nitrogens with zero attached hydrogens (tertiary/aromatic N) is 5. The Morgan fingerprint density at radius 1 is 1.33 bits per heavy atom. The van der Waals surface area contributed by atoms with Gasteiger partial charge >= 0.3 is 5.69 Å². The van der Waals surface area contributed by atoms with Crippen molar-refractivity contribution >= 4 is 17.5 Å². The third-order valence-electron chi connectivity index (χ3n) is 4.82.